The van der Waals surface area contributed by atoms with E-state index in [1.54, 1.807) is 0 Å². The van der Waals surface area contributed by atoms with Gasteiger partial charge in [-0.25, -0.2) is 4.98 Å². The first-order chi connectivity index (χ1) is 12.8. The Morgan fingerprint density at radius 2 is 1.75 bits per heavy atom. The predicted octanol–water partition coefficient (Wildman–Crippen LogP) is 2.75. The standard InChI is InChI=1S/C20H27N5O.2ClH/c21-19-24-17-7-11-22-10-6-16(17)18(25-19)23-14-20(8-12-26-13-9-20)15-4-2-1-3-5-15;;/h1-5,22H,6-14H2,(H3,21,23,24,25);2*1H. The zero-order chi connectivity index (χ0) is 17.8. The molecule has 0 atom stereocenters. The van der Waals surface area contributed by atoms with Crippen molar-refractivity contribution >= 4 is 36.6 Å². The number of hydrogen-bond acceptors (Lipinski definition) is 6. The third-order valence-corrected chi connectivity index (χ3v) is 5.63. The van der Waals surface area contributed by atoms with E-state index in [0.29, 0.717) is 5.95 Å². The minimum Gasteiger partial charge on any atom is -0.381 e. The van der Waals surface area contributed by atoms with Gasteiger partial charge in [0.25, 0.3) is 0 Å². The maximum Gasteiger partial charge on any atom is 0.222 e. The number of nitrogen functional groups attached to an aromatic ring is 1. The van der Waals surface area contributed by atoms with Gasteiger partial charge < -0.3 is 21.1 Å². The Hall–Kier alpha value is -1.60. The summed E-state index contributed by atoms with van der Waals surface area (Å²) in [5, 5.41) is 7.06. The molecule has 8 heteroatoms. The van der Waals surface area contributed by atoms with Crippen molar-refractivity contribution in [3.05, 3.63) is 47.2 Å². The second-order valence-corrected chi connectivity index (χ2v) is 7.22. The minimum absolute atomic E-state index is 0. The maximum absolute atomic E-state index is 5.98. The zero-order valence-electron chi connectivity index (χ0n) is 15.9. The lowest BCUT2D eigenvalue weighted by Crippen LogP contribution is -2.40. The first-order valence-electron chi connectivity index (χ1n) is 9.50. The van der Waals surface area contributed by atoms with Gasteiger partial charge in [0, 0.05) is 43.7 Å². The number of nitrogens with one attached hydrogen (secondary N) is 2. The zero-order valence-corrected chi connectivity index (χ0v) is 17.6. The highest BCUT2D eigenvalue weighted by Gasteiger charge is 2.34. The molecule has 0 amide bonds. The largest absolute Gasteiger partial charge is 0.381 e. The van der Waals surface area contributed by atoms with Crippen LogP contribution in [0.4, 0.5) is 11.8 Å². The molecular formula is C20H29Cl2N5O. The second-order valence-electron chi connectivity index (χ2n) is 7.22. The van der Waals surface area contributed by atoms with Crippen molar-refractivity contribution in [3.8, 4) is 0 Å². The van der Waals surface area contributed by atoms with Crippen molar-refractivity contribution in [1.82, 2.24) is 15.3 Å². The first-order valence-corrected chi connectivity index (χ1v) is 9.50. The van der Waals surface area contributed by atoms with Crippen LogP contribution in [0.2, 0.25) is 0 Å². The fourth-order valence-electron chi connectivity index (χ4n) is 4.08. The molecular weight excluding hydrogens is 397 g/mol. The van der Waals surface area contributed by atoms with E-state index in [1.807, 2.05) is 0 Å². The lowest BCUT2D eigenvalue weighted by molar-refractivity contribution is 0.0543. The number of halogens is 2. The van der Waals surface area contributed by atoms with E-state index in [0.717, 1.165) is 70.0 Å². The Kier molecular flexibility index (Phi) is 8.31. The van der Waals surface area contributed by atoms with Crippen LogP contribution < -0.4 is 16.4 Å². The van der Waals surface area contributed by atoms with Gasteiger partial charge in [0.1, 0.15) is 5.82 Å². The van der Waals surface area contributed by atoms with Crippen molar-refractivity contribution in [2.75, 3.05) is 43.9 Å². The van der Waals surface area contributed by atoms with E-state index in [2.05, 4.69) is 50.9 Å². The molecule has 3 heterocycles. The Morgan fingerprint density at radius 3 is 2.50 bits per heavy atom. The summed E-state index contributed by atoms with van der Waals surface area (Å²) in [5.41, 5.74) is 9.70. The molecule has 1 fully saturated rings. The number of ether oxygens (including phenoxy) is 1. The van der Waals surface area contributed by atoms with Crippen molar-refractivity contribution in [3.63, 3.8) is 0 Å². The van der Waals surface area contributed by atoms with Crippen LogP contribution in [0, 0.1) is 0 Å². The van der Waals surface area contributed by atoms with Gasteiger partial charge in [0.15, 0.2) is 0 Å². The average molecular weight is 426 g/mol. The molecule has 2 aliphatic heterocycles. The van der Waals surface area contributed by atoms with Crippen LogP contribution in [-0.2, 0) is 23.0 Å². The summed E-state index contributed by atoms with van der Waals surface area (Å²) in [6.07, 6.45) is 3.84. The van der Waals surface area contributed by atoms with Crippen LogP contribution in [0.5, 0.6) is 0 Å². The highest BCUT2D eigenvalue weighted by atomic mass is 35.5. The molecule has 2 aromatic rings. The Bertz CT molecular complexity index is 754. The van der Waals surface area contributed by atoms with E-state index in [1.165, 1.54) is 11.1 Å². The number of hydrogen-bond donors (Lipinski definition) is 3. The van der Waals surface area contributed by atoms with E-state index in [4.69, 9.17) is 10.5 Å². The number of nitrogens with zero attached hydrogens (tertiary/aromatic N) is 2. The molecule has 6 nitrogen and oxygen atoms in total. The topological polar surface area (TPSA) is 85.1 Å². The van der Waals surface area contributed by atoms with E-state index >= 15 is 0 Å². The highest BCUT2D eigenvalue weighted by molar-refractivity contribution is 5.85. The van der Waals surface area contributed by atoms with Gasteiger partial charge in [-0.05, 0) is 31.4 Å². The van der Waals surface area contributed by atoms with Gasteiger partial charge in [-0.2, -0.15) is 4.98 Å². The summed E-state index contributed by atoms with van der Waals surface area (Å²) in [6, 6.07) is 10.8. The molecule has 0 bridgehead atoms. The van der Waals surface area contributed by atoms with Crippen LogP contribution in [0.3, 0.4) is 0 Å². The fourth-order valence-corrected chi connectivity index (χ4v) is 4.08. The summed E-state index contributed by atoms with van der Waals surface area (Å²) < 4.78 is 5.64. The van der Waals surface area contributed by atoms with Crippen LogP contribution in [0.15, 0.2) is 30.3 Å². The Labute approximate surface area is 178 Å². The molecule has 0 radical (unpaired) electrons. The number of nitrogens with two attached hydrogens (primary N) is 1. The molecule has 1 aromatic heterocycles. The monoisotopic (exact) mass is 425 g/mol. The van der Waals surface area contributed by atoms with Crippen LogP contribution in [0.25, 0.3) is 0 Å². The molecule has 4 rings (SSSR count). The third-order valence-electron chi connectivity index (χ3n) is 5.63. The molecule has 0 aliphatic carbocycles. The van der Waals surface area contributed by atoms with Crippen molar-refractivity contribution in [1.29, 1.82) is 0 Å². The van der Waals surface area contributed by atoms with Gasteiger partial charge in [0.2, 0.25) is 5.95 Å². The summed E-state index contributed by atoms with van der Waals surface area (Å²) in [6.45, 7) is 4.31. The molecule has 1 saturated heterocycles. The van der Waals surface area contributed by atoms with Crippen LogP contribution in [-0.4, -0.2) is 42.8 Å². The fraction of sp³-hybridized carbons (Fsp3) is 0.500. The smallest absolute Gasteiger partial charge is 0.222 e. The van der Waals surface area contributed by atoms with Crippen LogP contribution in [0.1, 0.15) is 29.7 Å². The van der Waals surface area contributed by atoms with E-state index < -0.39 is 0 Å². The number of rotatable bonds is 4. The minimum atomic E-state index is 0. The maximum atomic E-state index is 5.98. The molecule has 1 aromatic carbocycles. The van der Waals surface area contributed by atoms with Gasteiger partial charge >= 0.3 is 0 Å². The summed E-state index contributed by atoms with van der Waals surface area (Å²) in [7, 11) is 0. The number of aromatic nitrogens is 2. The highest BCUT2D eigenvalue weighted by Crippen LogP contribution is 2.35. The SMILES string of the molecule is Cl.Cl.Nc1nc2c(c(NCC3(c4ccccc4)CCOCC3)n1)CCNCC2. The van der Waals surface area contributed by atoms with Gasteiger partial charge in [0.05, 0.1) is 5.69 Å². The molecule has 2 aliphatic rings. The molecule has 0 saturated carbocycles. The molecule has 0 spiro atoms. The van der Waals surface area contributed by atoms with Crippen LogP contribution >= 0.6 is 24.8 Å². The number of fused-ring (bicyclic) bond motifs is 1. The quantitative estimate of drug-likeness (QED) is 0.697. The number of benzene rings is 1. The molecule has 4 N–H and O–H groups in total. The predicted molar refractivity (Wildman–Crippen MR) is 118 cm³/mol. The van der Waals surface area contributed by atoms with Crippen molar-refractivity contribution in [2.45, 2.75) is 31.1 Å². The molecule has 0 unspecified atom stereocenters. The van der Waals surface area contributed by atoms with E-state index in [9.17, 15) is 0 Å². The normalized spacial score (nSPS) is 18.0. The number of anilines is 2. The van der Waals surface area contributed by atoms with E-state index in [-0.39, 0.29) is 30.2 Å². The second kappa shape index (κ2) is 10.3. The summed E-state index contributed by atoms with van der Waals surface area (Å²) >= 11 is 0. The third kappa shape index (κ3) is 4.87. The van der Waals surface area contributed by atoms with Crippen molar-refractivity contribution < 1.29 is 4.74 Å². The Balaban J connectivity index is 0.00000140. The van der Waals surface area contributed by atoms with Gasteiger partial charge in [-0.1, -0.05) is 30.3 Å². The first kappa shape index (κ1) is 22.7. The van der Waals surface area contributed by atoms with Gasteiger partial charge in [-0.3, -0.25) is 0 Å². The lowest BCUT2D eigenvalue weighted by Gasteiger charge is -2.38. The molecule has 28 heavy (non-hydrogen) atoms. The van der Waals surface area contributed by atoms with Gasteiger partial charge in [-0.15, -0.1) is 24.8 Å². The summed E-state index contributed by atoms with van der Waals surface area (Å²) in [5.74, 6) is 1.26. The Morgan fingerprint density at radius 1 is 1.04 bits per heavy atom. The lowest BCUT2D eigenvalue weighted by atomic mass is 9.74. The summed E-state index contributed by atoms with van der Waals surface area (Å²) in [4.78, 5) is 9.01. The molecule has 154 valence electrons. The average Bonchev–Trinajstić information content (AvgIpc) is 2.93. The van der Waals surface area contributed by atoms with Crippen molar-refractivity contribution in [2.24, 2.45) is 0 Å².